The Morgan fingerprint density at radius 1 is 1.39 bits per heavy atom. The second kappa shape index (κ2) is 6.36. The lowest BCUT2D eigenvalue weighted by Crippen LogP contribution is -2.13. The predicted octanol–water partition coefficient (Wildman–Crippen LogP) is 3.61. The van der Waals surface area contributed by atoms with E-state index in [4.69, 9.17) is 0 Å². The Hall–Kier alpha value is -0.850. The van der Waals surface area contributed by atoms with E-state index in [1.165, 1.54) is 23.5 Å². The van der Waals surface area contributed by atoms with E-state index in [-0.39, 0.29) is 5.82 Å². The fourth-order valence-corrected chi connectivity index (χ4v) is 2.99. The maximum atomic E-state index is 13.0. The first kappa shape index (κ1) is 13.6. The average molecular weight is 330 g/mol. The highest BCUT2D eigenvalue weighted by Crippen LogP contribution is 2.30. The third-order valence-corrected chi connectivity index (χ3v) is 3.94. The Morgan fingerprint density at radius 3 is 2.94 bits per heavy atom. The Balaban J connectivity index is 2.13. The lowest BCUT2D eigenvalue weighted by molar-refractivity contribution is 0.627. The fourth-order valence-electron chi connectivity index (χ4n) is 1.47. The van der Waals surface area contributed by atoms with Gasteiger partial charge in [0.1, 0.15) is 15.8 Å². The summed E-state index contributed by atoms with van der Waals surface area (Å²) in [6.45, 7) is 3.81. The van der Waals surface area contributed by atoms with Crippen LogP contribution in [0.3, 0.4) is 0 Å². The van der Waals surface area contributed by atoms with Crippen molar-refractivity contribution < 1.29 is 4.39 Å². The molecule has 0 amide bonds. The smallest absolute Gasteiger partial charge is 0.148 e. The van der Waals surface area contributed by atoms with Gasteiger partial charge in [-0.3, -0.25) is 0 Å². The number of nitrogens with zero attached hydrogens (tertiary/aromatic N) is 2. The van der Waals surface area contributed by atoms with Crippen LogP contribution in [-0.2, 0) is 6.54 Å². The van der Waals surface area contributed by atoms with Crippen LogP contribution in [0.1, 0.15) is 18.4 Å². The topological polar surface area (TPSA) is 37.8 Å². The summed E-state index contributed by atoms with van der Waals surface area (Å²) in [6, 6.07) is 4.57. The summed E-state index contributed by atoms with van der Waals surface area (Å²) in [5.74, 6) is -0.264. The van der Waals surface area contributed by atoms with Crippen molar-refractivity contribution in [3.8, 4) is 10.6 Å². The van der Waals surface area contributed by atoms with Gasteiger partial charge in [-0.1, -0.05) is 18.3 Å². The van der Waals surface area contributed by atoms with Crippen molar-refractivity contribution in [3.05, 3.63) is 33.5 Å². The zero-order chi connectivity index (χ0) is 13.0. The van der Waals surface area contributed by atoms with Crippen molar-refractivity contribution in [2.24, 2.45) is 0 Å². The summed E-state index contributed by atoms with van der Waals surface area (Å²) >= 11 is 4.86. The zero-order valence-corrected chi connectivity index (χ0v) is 12.3. The van der Waals surface area contributed by atoms with Gasteiger partial charge in [-0.15, -0.1) is 10.2 Å². The van der Waals surface area contributed by atoms with Crippen molar-refractivity contribution in [3.63, 3.8) is 0 Å². The highest BCUT2D eigenvalue weighted by atomic mass is 79.9. The van der Waals surface area contributed by atoms with E-state index in [1.54, 1.807) is 6.07 Å². The van der Waals surface area contributed by atoms with Crippen molar-refractivity contribution in [1.29, 1.82) is 0 Å². The van der Waals surface area contributed by atoms with Gasteiger partial charge >= 0.3 is 0 Å². The third-order valence-electron chi connectivity index (χ3n) is 2.33. The molecule has 0 saturated heterocycles. The molecule has 2 aromatic rings. The maximum absolute atomic E-state index is 13.0. The van der Waals surface area contributed by atoms with E-state index in [0.29, 0.717) is 4.47 Å². The van der Waals surface area contributed by atoms with Crippen molar-refractivity contribution in [1.82, 2.24) is 15.5 Å². The van der Waals surface area contributed by atoms with Crippen LogP contribution in [0.2, 0.25) is 0 Å². The molecule has 96 valence electrons. The van der Waals surface area contributed by atoms with E-state index < -0.39 is 0 Å². The lowest BCUT2D eigenvalue weighted by Gasteiger charge is -1.99. The minimum atomic E-state index is -0.264. The molecule has 0 aliphatic rings. The van der Waals surface area contributed by atoms with E-state index in [1.807, 2.05) is 0 Å². The number of nitrogens with one attached hydrogen (secondary N) is 1. The molecule has 0 radical (unpaired) electrons. The van der Waals surface area contributed by atoms with Gasteiger partial charge in [0.25, 0.3) is 0 Å². The fraction of sp³-hybridized carbons (Fsp3) is 0.333. The van der Waals surface area contributed by atoms with Gasteiger partial charge in [0, 0.05) is 16.6 Å². The highest BCUT2D eigenvalue weighted by molar-refractivity contribution is 9.10. The number of hydrogen-bond acceptors (Lipinski definition) is 4. The van der Waals surface area contributed by atoms with Crippen LogP contribution < -0.4 is 5.32 Å². The summed E-state index contributed by atoms with van der Waals surface area (Å²) in [5, 5.41) is 13.3. The molecule has 0 fully saturated rings. The molecule has 3 nitrogen and oxygen atoms in total. The number of halogens is 2. The molecule has 0 bridgehead atoms. The molecule has 1 aromatic carbocycles. The molecule has 0 saturated carbocycles. The van der Waals surface area contributed by atoms with Crippen LogP contribution in [-0.4, -0.2) is 16.7 Å². The van der Waals surface area contributed by atoms with Crippen LogP contribution >= 0.6 is 27.3 Å². The van der Waals surface area contributed by atoms with Gasteiger partial charge in [0.05, 0.1) is 0 Å². The molecular weight excluding hydrogens is 317 g/mol. The first-order valence-corrected chi connectivity index (χ1v) is 7.30. The molecule has 1 aromatic heterocycles. The number of aromatic nitrogens is 2. The Kier molecular flexibility index (Phi) is 4.79. The summed E-state index contributed by atoms with van der Waals surface area (Å²) in [5.41, 5.74) is 0.871. The standard InChI is InChI=1S/C12H13BrFN3S/c1-2-5-15-7-11-16-17-12(18-11)9-4-3-8(14)6-10(9)13/h3-4,6,15H,2,5,7H2,1H3. The van der Waals surface area contributed by atoms with Crippen molar-refractivity contribution >= 4 is 27.3 Å². The average Bonchev–Trinajstić information content (AvgIpc) is 2.78. The van der Waals surface area contributed by atoms with Gasteiger partial charge < -0.3 is 5.32 Å². The summed E-state index contributed by atoms with van der Waals surface area (Å²) in [4.78, 5) is 0. The van der Waals surface area contributed by atoms with Crippen LogP contribution in [0.4, 0.5) is 4.39 Å². The summed E-state index contributed by atoms with van der Waals surface area (Å²) in [7, 11) is 0. The molecule has 1 N–H and O–H groups in total. The first-order chi connectivity index (χ1) is 8.70. The quantitative estimate of drug-likeness (QED) is 0.851. The zero-order valence-electron chi connectivity index (χ0n) is 9.91. The second-order valence-corrected chi connectivity index (χ2v) is 5.72. The number of hydrogen-bond donors (Lipinski definition) is 1. The molecule has 6 heteroatoms. The van der Waals surface area contributed by atoms with Crippen molar-refractivity contribution in [2.45, 2.75) is 19.9 Å². The normalized spacial score (nSPS) is 10.8. The molecule has 0 aliphatic heterocycles. The monoisotopic (exact) mass is 329 g/mol. The molecule has 0 aliphatic carbocycles. The molecule has 1 heterocycles. The van der Waals surface area contributed by atoms with Crippen LogP contribution in [0.25, 0.3) is 10.6 Å². The minimum absolute atomic E-state index is 0.264. The molecule has 0 atom stereocenters. The van der Waals surface area contributed by atoms with Crippen LogP contribution in [0.15, 0.2) is 22.7 Å². The second-order valence-electron chi connectivity index (χ2n) is 3.80. The predicted molar refractivity (Wildman–Crippen MR) is 75.0 cm³/mol. The molecule has 18 heavy (non-hydrogen) atoms. The van der Waals surface area contributed by atoms with Gasteiger partial charge in [0.2, 0.25) is 0 Å². The maximum Gasteiger partial charge on any atom is 0.148 e. The van der Waals surface area contributed by atoms with Crippen LogP contribution in [0.5, 0.6) is 0 Å². The minimum Gasteiger partial charge on any atom is -0.310 e. The molecule has 0 unspecified atom stereocenters. The Morgan fingerprint density at radius 2 is 2.22 bits per heavy atom. The number of benzene rings is 1. The Labute approximate surface area is 118 Å². The lowest BCUT2D eigenvalue weighted by atomic mass is 10.2. The van der Waals surface area contributed by atoms with Gasteiger partial charge in [0.15, 0.2) is 0 Å². The third kappa shape index (κ3) is 3.34. The van der Waals surface area contributed by atoms with E-state index in [0.717, 1.165) is 35.1 Å². The van der Waals surface area contributed by atoms with E-state index in [9.17, 15) is 4.39 Å². The SMILES string of the molecule is CCCNCc1nnc(-c2ccc(F)cc2Br)s1. The summed E-state index contributed by atoms with van der Waals surface area (Å²) in [6.07, 6.45) is 1.09. The van der Waals surface area contributed by atoms with Gasteiger partial charge in [-0.25, -0.2) is 4.39 Å². The molecule has 0 spiro atoms. The first-order valence-electron chi connectivity index (χ1n) is 5.69. The largest absolute Gasteiger partial charge is 0.310 e. The van der Waals surface area contributed by atoms with E-state index in [2.05, 4.69) is 38.4 Å². The number of rotatable bonds is 5. The summed E-state index contributed by atoms with van der Waals surface area (Å²) < 4.78 is 13.7. The van der Waals surface area contributed by atoms with Gasteiger partial charge in [-0.2, -0.15) is 0 Å². The van der Waals surface area contributed by atoms with Crippen molar-refractivity contribution in [2.75, 3.05) is 6.54 Å². The molecule has 2 rings (SSSR count). The highest BCUT2D eigenvalue weighted by Gasteiger charge is 2.10. The van der Waals surface area contributed by atoms with Gasteiger partial charge in [-0.05, 0) is 47.1 Å². The van der Waals surface area contributed by atoms with E-state index >= 15 is 0 Å². The Bertz CT molecular complexity index is 530. The molecular formula is C12H13BrFN3S. The van der Waals surface area contributed by atoms with Crippen LogP contribution in [0, 0.1) is 5.82 Å².